The summed E-state index contributed by atoms with van der Waals surface area (Å²) in [4.78, 5) is 13.0. The van der Waals surface area contributed by atoms with E-state index in [-0.39, 0.29) is 23.2 Å². The topological polar surface area (TPSA) is 55.8 Å². The molecule has 0 amide bonds. The fraction of sp³-hybridized carbons (Fsp3) is 0.318. The average molecular weight is 494 g/mol. The van der Waals surface area contributed by atoms with Crippen molar-refractivity contribution in [2.45, 2.75) is 30.3 Å². The van der Waals surface area contributed by atoms with E-state index in [4.69, 9.17) is 7.80 Å². The first kappa shape index (κ1) is 18.1. The molecule has 146 valence electrons. The Kier molecular flexibility index (Phi) is 4.24. The number of alkyl halides is 2. The van der Waals surface area contributed by atoms with E-state index in [0.29, 0.717) is 15.2 Å². The summed E-state index contributed by atoms with van der Waals surface area (Å²) in [6.07, 6.45) is 0.574. The van der Waals surface area contributed by atoms with Crippen LogP contribution in [-0.4, -0.2) is 25.3 Å². The Bertz CT molecular complexity index is 1010. The molecule has 5 rings (SSSR count). The Hall–Kier alpha value is -1.93. The molecule has 0 aromatic heterocycles. The van der Waals surface area contributed by atoms with Crippen molar-refractivity contribution >= 4 is 31.6 Å². The third-order valence-electron chi connectivity index (χ3n) is 5.71. The zero-order valence-corrected chi connectivity index (χ0v) is 17.7. The Balaban J connectivity index is 1.52. The normalized spacial score (nSPS) is 26.9. The standard InChI is InChI=1S/C22H20FIO4/c1-11-9-13(27-16-6-4-3-5-14(16)23)10-12(2)17(11)19-20(25)18-15-7-8-24(15)28-22(18)21(19)26/h3-6,9-10,15,18,22,25H,7-8H2,1-2H3/t15?,18-,22-/m0/s1. The number of fused-ring (bicyclic) bond motifs is 3. The Labute approximate surface area is 170 Å². The van der Waals surface area contributed by atoms with E-state index in [1.165, 1.54) is 6.07 Å². The van der Waals surface area contributed by atoms with E-state index in [1.54, 1.807) is 30.3 Å². The van der Waals surface area contributed by atoms with E-state index in [9.17, 15) is 14.3 Å². The van der Waals surface area contributed by atoms with Crippen molar-refractivity contribution in [3.05, 3.63) is 64.7 Å². The third kappa shape index (κ3) is 2.61. The summed E-state index contributed by atoms with van der Waals surface area (Å²) in [5.41, 5.74) is 2.75. The molecule has 4 nitrogen and oxygen atoms in total. The molecule has 0 radical (unpaired) electrons. The molecule has 0 spiro atoms. The van der Waals surface area contributed by atoms with Gasteiger partial charge >= 0.3 is 164 Å². The van der Waals surface area contributed by atoms with Gasteiger partial charge in [0.05, 0.1) is 0 Å². The van der Waals surface area contributed by atoms with Gasteiger partial charge in [0.1, 0.15) is 0 Å². The summed E-state index contributed by atoms with van der Waals surface area (Å²) >= 11 is -1.47. The van der Waals surface area contributed by atoms with Gasteiger partial charge in [-0.05, 0) is 0 Å². The number of carbonyl (C=O) groups is 1. The number of aliphatic hydroxyl groups excluding tert-OH is 1. The van der Waals surface area contributed by atoms with Gasteiger partial charge in [0, 0.05) is 0 Å². The summed E-state index contributed by atoms with van der Waals surface area (Å²) in [6.45, 7) is 3.75. The number of hydrogen-bond donors (Lipinski definition) is 1. The van der Waals surface area contributed by atoms with Gasteiger partial charge in [0.25, 0.3) is 0 Å². The molecule has 2 aromatic carbocycles. The second-order valence-electron chi connectivity index (χ2n) is 7.47. The SMILES string of the molecule is Cc1cc(Oc2ccccc2F)cc(C)c1C1=C(O)[C@@H]2C3CCI3O[C@@H]2C1=O. The van der Waals surface area contributed by atoms with Crippen LogP contribution in [0.1, 0.15) is 23.1 Å². The number of hydrogen-bond acceptors (Lipinski definition) is 4. The number of halogens is 2. The first-order chi connectivity index (χ1) is 13.5. The van der Waals surface area contributed by atoms with Gasteiger partial charge in [-0.25, -0.2) is 0 Å². The van der Waals surface area contributed by atoms with Crippen molar-refractivity contribution in [2.75, 3.05) is 4.43 Å². The van der Waals surface area contributed by atoms with Crippen LogP contribution in [0.5, 0.6) is 11.5 Å². The van der Waals surface area contributed by atoms with Crippen molar-refractivity contribution in [1.82, 2.24) is 0 Å². The minimum atomic E-state index is -1.47. The maximum absolute atomic E-state index is 13.9. The molecule has 3 aliphatic rings. The van der Waals surface area contributed by atoms with E-state index in [1.807, 2.05) is 13.8 Å². The van der Waals surface area contributed by atoms with Crippen molar-refractivity contribution in [1.29, 1.82) is 0 Å². The second-order valence-corrected chi connectivity index (χ2v) is 12.7. The molecule has 0 saturated carbocycles. The third-order valence-corrected chi connectivity index (χ3v) is 11.8. The van der Waals surface area contributed by atoms with Gasteiger partial charge in [-0.1, -0.05) is 6.07 Å². The van der Waals surface area contributed by atoms with Crippen molar-refractivity contribution in [2.24, 2.45) is 5.92 Å². The average Bonchev–Trinajstić information content (AvgIpc) is 3.01. The van der Waals surface area contributed by atoms with E-state index >= 15 is 0 Å². The van der Waals surface area contributed by atoms with E-state index < -0.39 is 32.2 Å². The number of aliphatic hydroxyl groups is 1. The molecule has 2 heterocycles. The number of carbonyl (C=O) groups excluding carboxylic acids is 1. The number of rotatable bonds is 3. The number of aryl methyl sites for hydroxylation is 2. The van der Waals surface area contributed by atoms with Gasteiger partial charge in [0.15, 0.2) is 0 Å². The van der Waals surface area contributed by atoms with Gasteiger partial charge in [0.2, 0.25) is 0 Å². The molecule has 0 bridgehead atoms. The summed E-state index contributed by atoms with van der Waals surface area (Å²) in [5, 5.41) is 10.9. The zero-order chi connectivity index (χ0) is 19.6. The van der Waals surface area contributed by atoms with Crippen LogP contribution in [0.15, 0.2) is 42.2 Å². The molecular weight excluding hydrogens is 474 g/mol. The molecule has 1 unspecified atom stereocenters. The summed E-state index contributed by atoms with van der Waals surface area (Å²) in [5.74, 6) is 0.181. The molecule has 2 aromatic rings. The van der Waals surface area contributed by atoms with Crippen LogP contribution in [-0.2, 0) is 7.86 Å². The van der Waals surface area contributed by atoms with Crippen LogP contribution in [0, 0.1) is 25.6 Å². The first-order valence-electron chi connectivity index (χ1n) is 9.28. The van der Waals surface area contributed by atoms with Crippen LogP contribution in [0.3, 0.4) is 0 Å². The van der Waals surface area contributed by atoms with E-state index in [0.717, 1.165) is 27.5 Å². The summed E-state index contributed by atoms with van der Waals surface area (Å²) in [6, 6.07) is 9.79. The van der Waals surface area contributed by atoms with Crippen LogP contribution in [0.4, 0.5) is 4.39 Å². The van der Waals surface area contributed by atoms with Crippen LogP contribution in [0.2, 0.25) is 0 Å². The van der Waals surface area contributed by atoms with Crippen LogP contribution >= 0.6 is 20.2 Å². The monoisotopic (exact) mass is 494 g/mol. The molecule has 1 aliphatic carbocycles. The van der Waals surface area contributed by atoms with Gasteiger partial charge in [-0.2, -0.15) is 0 Å². The quantitative estimate of drug-likeness (QED) is 0.465. The van der Waals surface area contributed by atoms with Gasteiger partial charge < -0.3 is 0 Å². The van der Waals surface area contributed by atoms with Crippen molar-refractivity contribution in [3.8, 4) is 11.5 Å². The van der Waals surface area contributed by atoms with Crippen LogP contribution < -0.4 is 4.74 Å². The molecule has 3 atom stereocenters. The maximum atomic E-state index is 13.9. The minimum absolute atomic E-state index is 0.0943. The number of Topliss-reactive ketones (excluding diaryl/α,β-unsaturated/α-hetero) is 1. The Morgan fingerprint density at radius 1 is 1.21 bits per heavy atom. The number of benzene rings is 2. The Morgan fingerprint density at radius 3 is 2.57 bits per heavy atom. The van der Waals surface area contributed by atoms with E-state index in [2.05, 4.69) is 0 Å². The van der Waals surface area contributed by atoms with Crippen molar-refractivity contribution < 1.29 is 22.1 Å². The fourth-order valence-corrected chi connectivity index (χ4v) is 9.68. The molecule has 6 heteroatoms. The summed E-state index contributed by atoms with van der Waals surface area (Å²) in [7, 11) is 0. The second kappa shape index (κ2) is 6.56. The predicted octanol–water partition coefficient (Wildman–Crippen LogP) is 5.30. The molecule has 2 saturated heterocycles. The zero-order valence-electron chi connectivity index (χ0n) is 15.5. The number of ketones is 1. The number of para-hydroxylation sites is 1. The molecule has 28 heavy (non-hydrogen) atoms. The number of ether oxygens (including phenoxy) is 1. The molecule has 2 fully saturated rings. The molecule has 1 N–H and O–H groups in total. The summed E-state index contributed by atoms with van der Waals surface area (Å²) < 4.78 is 27.2. The van der Waals surface area contributed by atoms with Gasteiger partial charge in [-0.15, -0.1) is 0 Å². The van der Waals surface area contributed by atoms with Crippen molar-refractivity contribution in [3.63, 3.8) is 0 Å². The first-order valence-corrected chi connectivity index (χ1v) is 12.9. The van der Waals surface area contributed by atoms with Crippen LogP contribution in [0.25, 0.3) is 5.57 Å². The predicted molar refractivity (Wildman–Crippen MR) is 113 cm³/mol. The molecular formula is C22H20FIO4. The molecule has 2 aliphatic heterocycles. The van der Waals surface area contributed by atoms with Gasteiger partial charge in [-0.3, -0.25) is 0 Å². The fourth-order valence-electron chi connectivity index (χ4n) is 4.37. The Morgan fingerprint density at radius 2 is 1.93 bits per heavy atom.